The second-order valence-corrected chi connectivity index (χ2v) is 6.65. The average molecular weight is 327 g/mol. The van der Waals surface area contributed by atoms with Gasteiger partial charge in [0.25, 0.3) is 10.1 Å². The van der Waals surface area contributed by atoms with Crippen molar-refractivity contribution in [1.29, 1.82) is 0 Å². The highest BCUT2D eigenvalue weighted by molar-refractivity contribution is 7.86. The van der Waals surface area contributed by atoms with Crippen molar-refractivity contribution in [3.05, 3.63) is 35.9 Å². The summed E-state index contributed by atoms with van der Waals surface area (Å²) in [5.41, 5.74) is 0.821. The second-order valence-electron chi connectivity index (χ2n) is 5.05. The highest BCUT2D eigenvalue weighted by Crippen LogP contribution is 2.21. The van der Waals surface area contributed by atoms with Gasteiger partial charge >= 0.3 is 6.09 Å². The molecule has 0 bridgehead atoms. The van der Waals surface area contributed by atoms with Gasteiger partial charge in [0.15, 0.2) is 0 Å². The molecule has 22 heavy (non-hydrogen) atoms. The average Bonchev–Trinajstić information content (AvgIpc) is 2.86. The lowest BCUT2D eigenvalue weighted by Crippen LogP contribution is -2.37. The summed E-state index contributed by atoms with van der Waals surface area (Å²) in [5, 5.41) is 0. The van der Waals surface area contributed by atoms with Crippen molar-refractivity contribution < 1.29 is 26.9 Å². The molecule has 1 heterocycles. The number of carbonyl (C=O) groups is 2. The number of nitrogens with zero attached hydrogens (tertiary/aromatic N) is 1. The van der Waals surface area contributed by atoms with E-state index < -0.39 is 28.4 Å². The van der Waals surface area contributed by atoms with E-state index in [1.807, 2.05) is 30.3 Å². The van der Waals surface area contributed by atoms with E-state index in [0.29, 0.717) is 6.29 Å². The van der Waals surface area contributed by atoms with Crippen LogP contribution in [-0.2, 0) is 30.4 Å². The number of amides is 1. The van der Waals surface area contributed by atoms with Crippen molar-refractivity contribution in [2.24, 2.45) is 0 Å². The van der Waals surface area contributed by atoms with Gasteiger partial charge in [-0.05, 0) is 5.56 Å². The molecule has 0 spiro atoms. The Morgan fingerprint density at radius 3 is 2.64 bits per heavy atom. The molecule has 1 aliphatic heterocycles. The van der Waals surface area contributed by atoms with Gasteiger partial charge in [-0.25, -0.2) is 4.79 Å². The normalized spacial score (nSPS) is 21.6. The van der Waals surface area contributed by atoms with Crippen molar-refractivity contribution in [1.82, 2.24) is 4.90 Å². The number of aldehydes is 1. The van der Waals surface area contributed by atoms with Gasteiger partial charge in [-0.2, -0.15) is 8.42 Å². The van der Waals surface area contributed by atoms with Crippen molar-refractivity contribution in [3.63, 3.8) is 0 Å². The molecule has 1 fully saturated rings. The predicted octanol–water partition coefficient (Wildman–Crippen LogP) is 0.941. The van der Waals surface area contributed by atoms with Crippen LogP contribution in [-0.4, -0.2) is 50.6 Å². The molecule has 2 atom stereocenters. The first-order chi connectivity index (χ1) is 10.4. The Bertz CT molecular complexity index is 630. The molecular formula is C14H17NO6S. The molecule has 0 N–H and O–H groups in total. The molecule has 1 saturated heterocycles. The van der Waals surface area contributed by atoms with Crippen molar-refractivity contribution in [2.75, 3.05) is 12.8 Å². The van der Waals surface area contributed by atoms with Crippen LogP contribution in [0.2, 0.25) is 0 Å². The number of benzene rings is 1. The lowest BCUT2D eigenvalue weighted by molar-refractivity contribution is -0.111. The standard InChI is InChI=1S/C14H17NO6S/c1-22(18,19)21-13-7-12(9-16)15(8-13)14(17)20-10-11-5-3-2-4-6-11/h2-6,9,12-13H,7-8,10H2,1H3/t12-,13+/m0/s1. The SMILES string of the molecule is CS(=O)(=O)O[C@@H]1C[C@@H](C=O)N(C(=O)OCc2ccccc2)C1. The van der Waals surface area contributed by atoms with E-state index >= 15 is 0 Å². The van der Waals surface area contributed by atoms with Gasteiger partial charge in [-0.1, -0.05) is 30.3 Å². The Morgan fingerprint density at radius 2 is 2.05 bits per heavy atom. The maximum atomic E-state index is 12.0. The summed E-state index contributed by atoms with van der Waals surface area (Å²) in [5.74, 6) is 0. The Hall–Kier alpha value is -1.93. The third kappa shape index (κ3) is 4.54. The molecule has 0 unspecified atom stereocenters. The Kier molecular flexibility index (Phi) is 5.15. The van der Waals surface area contributed by atoms with Crippen LogP contribution in [0, 0.1) is 0 Å². The molecule has 1 amide bonds. The molecule has 7 nitrogen and oxygen atoms in total. The number of ether oxygens (including phenoxy) is 1. The van der Waals surface area contributed by atoms with E-state index in [2.05, 4.69) is 0 Å². The molecule has 1 aromatic carbocycles. The van der Waals surface area contributed by atoms with Crippen LogP contribution >= 0.6 is 0 Å². The quantitative estimate of drug-likeness (QED) is 0.590. The number of rotatable bonds is 5. The molecule has 0 saturated carbocycles. The Balaban J connectivity index is 1.94. The summed E-state index contributed by atoms with van der Waals surface area (Å²) in [6.07, 6.45) is 0.265. The molecule has 0 radical (unpaired) electrons. The lowest BCUT2D eigenvalue weighted by Gasteiger charge is -2.19. The molecule has 1 aromatic rings. The number of carbonyl (C=O) groups excluding carboxylic acids is 2. The van der Waals surface area contributed by atoms with E-state index in [0.717, 1.165) is 11.8 Å². The van der Waals surface area contributed by atoms with Gasteiger partial charge in [-0.3, -0.25) is 9.08 Å². The summed E-state index contributed by atoms with van der Waals surface area (Å²) in [4.78, 5) is 24.3. The molecule has 0 aliphatic carbocycles. The second kappa shape index (κ2) is 6.89. The first kappa shape index (κ1) is 16.4. The van der Waals surface area contributed by atoms with Gasteiger partial charge in [0.05, 0.1) is 24.9 Å². The van der Waals surface area contributed by atoms with E-state index in [1.165, 1.54) is 4.90 Å². The fraction of sp³-hybridized carbons (Fsp3) is 0.429. The number of hydrogen-bond acceptors (Lipinski definition) is 6. The van der Waals surface area contributed by atoms with E-state index in [-0.39, 0.29) is 19.6 Å². The third-order valence-corrected chi connectivity index (χ3v) is 3.83. The fourth-order valence-electron chi connectivity index (χ4n) is 2.28. The summed E-state index contributed by atoms with van der Waals surface area (Å²) in [7, 11) is -3.64. The van der Waals surface area contributed by atoms with Crippen LogP contribution in [0.15, 0.2) is 30.3 Å². The van der Waals surface area contributed by atoms with Gasteiger partial charge in [0.1, 0.15) is 12.9 Å². The highest BCUT2D eigenvalue weighted by Gasteiger charge is 2.38. The number of likely N-dealkylation sites (tertiary alicyclic amines) is 1. The minimum Gasteiger partial charge on any atom is -0.445 e. The largest absolute Gasteiger partial charge is 0.445 e. The minimum atomic E-state index is -3.64. The van der Waals surface area contributed by atoms with Gasteiger partial charge in [0, 0.05) is 6.42 Å². The fourth-order valence-corrected chi connectivity index (χ4v) is 2.92. The molecule has 8 heteroatoms. The summed E-state index contributed by atoms with van der Waals surface area (Å²) in [6.45, 7) is 0.0868. The third-order valence-electron chi connectivity index (χ3n) is 3.21. The van der Waals surface area contributed by atoms with Crippen LogP contribution in [0.3, 0.4) is 0 Å². The summed E-state index contributed by atoms with van der Waals surface area (Å²) < 4.78 is 32.2. The molecule has 1 aliphatic rings. The van der Waals surface area contributed by atoms with E-state index in [4.69, 9.17) is 8.92 Å². The van der Waals surface area contributed by atoms with Crippen molar-refractivity contribution in [2.45, 2.75) is 25.2 Å². The predicted molar refractivity (Wildman–Crippen MR) is 77.5 cm³/mol. The maximum Gasteiger partial charge on any atom is 0.410 e. The highest BCUT2D eigenvalue weighted by atomic mass is 32.2. The van der Waals surface area contributed by atoms with Gasteiger partial charge in [-0.15, -0.1) is 0 Å². The van der Waals surface area contributed by atoms with Crippen LogP contribution in [0.5, 0.6) is 0 Å². The lowest BCUT2D eigenvalue weighted by atomic mass is 10.2. The summed E-state index contributed by atoms with van der Waals surface area (Å²) >= 11 is 0. The van der Waals surface area contributed by atoms with E-state index in [9.17, 15) is 18.0 Å². The first-order valence-corrected chi connectivity index (χ1v) is 8.51. The van der Waals surface area contributed by atoms with Crippen LogP contribution < -0.4 is 0 Å². The zero-order valence-electron chi connectivity index (χ0n) is 12.0. The van der Waals surface area contributed by atoms with Gasteiger partial charge in [0.2, 0.25) is 0 Å². The summed E-state index contributed by atoms with van der Waals surface area (Å²) in [6, 6.07) is 8.37. The topological polar surface area (TPSA) is 90.0 Å². The smallest absolute Gasteiger partial charge is 0.410 e. The van der Waals surface area contributed by atoms with Crippen molar-refractivity contribution in [3.8, 4) is 0 Å². The zero-order valence-corrected chi connectivity index (χ0v) is 12.9. The Labute approximate surface area is 128 Å². The van der Waals surface area contributed by atoms with Gasteiger partial charge < -0.3 is 9.53 Å². The first-order valence-electron chi connectivity index (χ1n) is 6.70. The minimum absolute atomic E-state index is 0.00407. The van der Waals surface area contributed by atoms with Crippen LogP contribution in [0.25, 0.3) is 0 Å². The zero-order chi connectivity index (χ0) is 16.2. The molecule has 0 aromatic heterocycles. The monoisotopic (exact) mass is 327 g/mol. The number of hydrogen-bond donors (Lipinski definition) is 0. The molecular weight excluding hydrogens is 310 g/mol. The van der Waals surface area contributed by atoms with Crippen LogP contribution in [0.1, 0.15) is 12.0 Å². The van der Waals surface area contributed by atoms with Crippen molar-refractivity contribution >= 4 is 22.5 Å². The van der Waals surface area contributed by atoms with Crippen LogP contribution in [0.4, 0.5) is 4.79 Å². The molecule has 2 rings (SSSR count). The van der Waals surface area contributed by atoms with E-state index in [1.54, 1.807) is 0 Å². The Morgan fingerprint density at radius 1 is 1.36 bits per heavy atom. The molecule has 120 valence electrons. The maximum absolute atomic E-state index is 12.0.